The van der Waals surface area contributed by atoms with Crippen molar-refractivity contribution in [2.75, 3.05) is 20.8 Å². The summed E-state index contributed by atoms with van der Waals surface area (Å²) in [5.74, 6) is 3.20. The van der Waals surface area contributed by atoms with Crippen LogP contribution in [-0.4, -0.2) is 54.4 Å². The van der Waals surface area contributed by atoms with Crippen LogP contribution in [0.15, 0.2) is 24.3 Å². The van der Waals surface area contributed by atoms with Crippen LogP contribution in [-0.2, 0) is 20.9 Å². The number of rotatable bonds is 7. The molecule has 7 nitrogen and oxygen atoms in total. The van der Waals surface area contributed by atoms with Crippen molar-refractivity contribution in [1.29, 1.82) is 0 Å². The minimum Gasteiger partial charge on any atom is -0.484 e. The fraction of sp³-hybridized carbons (Fsp3) is 0.692. The Hall–Kier alpha value is -2.28. The van der Waals surface area contributed by atoms with Crippen LogP contribution in [0.1, 0.15) is 58.4 Å². The third-order valence-corrected chi connectivity index (χ3v) is 7.43. The molecule has 2 amide bonds. The molecular formula is C26H38N2O5. The first-order chi connectivity index (χ1) is 15.6. The Kier molecular flexibility index (Phi) is 6.89. The van der Waals surface area contributed by atoms with Gasteiger partial charge in [-0.1, -0.05) is 12.1 Å². The average Bonchev–Trinajstić information content (AvgIpc) is 2.75. The summed E-state index contributed by atoms with van der Waals surface area (Å²) in [6.45, 7) is 6.20. The largest absolute Gasteiger partial charge is 0.484 e. The van der Waals surface area contributed by atoms with E-state index in [1.54, 1.807) is 7.05 Å². The summed E-state index contributed by atoms with van der Waals surface area (Å²) in [7, 11) is 2.98. The Labute approximate surface area is 197 Å². The third-order valence-electron chi connectivity index (χ3n) is 7.43. The maximum Gasteiger partial charge on any atom is 0.410 e. The van der Waals surface area contributed by atoms with Gasteiger partial charge in [0.25, 0.3) is 5.91 Å². The van der Waals surface area contributed by atoms with Gasteiger partial charge in [-0.05, 0) is 94.2 Å². The van der Waals surface area contributed by atoms with Gasteiger partial charge < -0.3 is 14.4 Å². The molecule has 0 atom stereocenters. The Balaban J connectivity index is 1.46. The van der Waals surface area contributed by atoms with Crippen LogP contribution >= 0.6 is 0 Å². The average molecular weight is 459 g/mol. The number of ether oxygens (including phenoxy) is 2. The molecule has 7 heteroatoms. The molecule has 1 aromatic rings. The lowest BCUT2D eigenvalue weighted by Crippen LogP contribution is -2.57. The van der Waals surface area contributed by atoms with E-state index in [0.29, 0.717) is 24.1 Å². The van der Waals surface area contributed by atoms with E-state index in [1.807, 2.05) is 49.9 Å². The van der Waals surface area contributed by atoms with E-state index in [0.717, 1.165) is 22.5 Å². The molecular weight excluding hydrogens is 420 g/mol. The van der Waals surface area contributed by atoms with Crippen molar-refractivity contribution in [1.82, 2.24) is 9.96 Å². The maximum atomic E-state index is 13.3. The van der Waals surface area contributed by atoms with Crippen LogP contribution in [0, 0.1) is 23.7 Å². The highest BCUT2D eigenvalue weighted by atomic mass is 16.7. The van der Waals surface area contributed by atoms with Gasteiger partial charge in [-0.15, -0.1) is 0 Å². The van der Waals surface area contributed by atoms with Crippen LogP contribution in [0.5, 0.6) is 5.75 Å². The van der Waals surface area contributed by atoms with Crippen LogP contribution < -0.4 is 4.74 Å². The molecule has 1 aromatic carbocycles. The highest BCUT2D eigenvalue weighted by molar-refractivity contribution is 5.76. The number of carbonyl (C=O) groups is 2. The van der Waals surface area contributed by atoms with Gasteiger partial charge in [0.1, 0.15) is 11.4 Å². The Bertz CT molecular complexity index is 819. The zero-order chi connectivity index (χ0) is 23.8. The Morgan fingerprint density at radius 3 is 2.06 bits per heavy atom. The van der Waals surface area contributed by atoms with Crippen molar-refractivity contribution in [2.24, 2.45) is 23.7 Å². The summed E-state index contributed by atoms with van der Waals surface area (Å²) in [6.07, 6.45) is 6.15. The zero-order valence-electron chi connectivity index (χ0n) is 20.6. The number of carbonyl (C=O) groups excluding carboxylic acids is 2. The predicted molar refractivity (Wildman–Crippen MR) is 124 cm³/mol. The van der Waals surface area contributed by atoms with Gasteiger partial charge in [0.2, 0.25) is 0 Å². The first-order valence-corrected chi connectivity index (χ1v) is 12.1. The second-order valence-corrected chi connectivity index (χ2v) is 11.0. The van der Waals surface area contributed by atoms with Crippen molar-refractivity contribution in [3.8, 4) is 5.75 Å². The van der Waals surface area contributed by atoms with Gasteiger partial charge in [-0.3, -0.25) is 9.63 Å². The van der Waals surface area contributed by atoms with Crippen LogP contribution in [0.2, 0.25) is 0 Å². The standard InChI is InChI=1S/C26H38N2O5/c1-26(2,3)33-25(30)28(24-20-11-18-10-19(13-20)14-21(24)12-18)15-17-6-8-22(9-7-17)32-16-23(29)27(4)31-5/h6-9,18-21,24H,10-16H2,1-5H3. The first kappa shape index (κ1) is 23.9. The van der Waals surface area contributed by atoms with E-state index in [-0.39, 0.29) is 24.6 Å². The second kappa shape index (κ2) is 9.53. The molecule has 4 aliphatic carbocycles. The number of hydrogen-bond acceptors (Lipinski definition) is 5. The van der Waals surface area contributed by atoms with E-state index in [2.05, 4.69) is 0 Å². The van der Waals surface area contributed by atoms with E-state index < -0.39 is 5.60 Å². The van der Waals surface area contributed by atoms with Gasteiger partial charge in [0.15, 0.2) is 6.61 Å². The molecule has 4 saturated carbocycles. The zero-order valence-corrected chi connectivity index (χ0v) is 20.6. The smallest absolute Gasteiger partial charge is 0.410 e. The number of hydroxylamine groups is 2. The van der Waals surface area contributed by atoms with E-state index in [1.165, 1.54) is 39.2 Å². The highest BCUT2D eigenvalue weighted by Gasteiger charge is 2.51. The van der Waals surface area contributed by atoms with Crippen LogP contribution in [0.25, 0.3) is 0 Å². The lowest BCUT2D eigenvalue weighted by atomic mass is 9.54. The van der Waals surface area contributed by atoms with Crippen molar-refractivity contribution in [3.63, 3.8) is 0 Å². The predicted octanol–water partition coefficient (Wildman–Crippen LogP) is 4.65. The number of likely N-dealkylation sites (N-methyl/N-ethyl adjacent to an activating group) is 1. The molecule has 182 valence electrons. The second-order valence-electron chi connectivity index (χ2n) is 11.0. The molecule has 4 fully saturated rings. The van der Waals surface area contributed by atoms with Crippen molar-refractivity contribution in [3.05, 3.63) is 29.8 Å². The molecule has 0 N–H and O–H groups in total. The van der Waals surface area contributed by atoms with Crippen molar-refractivity contribution in [2.45, 2.75) is 71.1 Å². The fourth-order valence-electron chi connectivity index (χ4n) is 6.24. The number of nitrogens with zero attached hydrogens (tertiary/aromatic N) is 2. The molecule has 4 aliphatic rings. The summed E-state index contributed by atoms with van der Waals surface area (Å²) in [4.78, 5) is 32.1. The minimum atomic E-state index is -0.527. The van der Waals surface area contributed by atoms with Crippen LogP contribution in [0.3, 0.4) is 0 Å². The summed E-state index contributed by atoms with van der Waals surface area (Å²) in [5.41, 5.74) is 0.503. The Morgan fingerprint density at radius 1 is 0.970 bits per heavy atom. The lowest BCUT2D eigenvalue weighted by molar-refractivity contribution is -0.170. The summed E-state index contributed by atoms with van der Waals surface area (Å²) in [5, 5.41) is 1.14. The fourth-order valence-corrected chi connectivity index (χ4v) is 6.24. The molecule has 33 heavy (non-hydrogen) atoms. The van der Waals surface area contributed by atoms with E-state index in [4.69, 9.17) is 14.3 Å². The van der Waals surface area contributed by atoms with E-state index >= 15 is 0 Å². The van der Waals surface area contributed by atoms with Crippen molar-refractivity contribution < 1.29 is 23.9 Å². The topological polar surface area (TPSA) is 68.3 Å². The molecule has 0 aromatic heterocycles. The summed E-state index contributed by atoms with van der Waals surface area (Å²) >= 11 is 0. The van der Waals surface area contributed by atoms with Gasteiger partial charge in [0, 0.05) is 19.6 Å². The summed E-state index contributed by atoms with van der Waals surface area (Å²) < 4.78 is 11.4. The van der Waals surface area contributed by atoms with Crippen LogP contribution in [0.4, 0.5) is 4.79 Å². The molecule has 0 unspecified atom stereocenters. The van der Waals surface area contributed by atoms with E-state index in [9.17, 15) is 9.59 Å². The third kappa shape index (κ3) is 5.62. The molecule has 0 heterocycles. The SMILES string of the molecule is CON(C)C(=O)COc1ccc(CN(C(=O)OC(C)(C)C)C2C3CC4CC(C3)CC2C4)cc1. The van der Waals surface area contributed by atoms with Gasteiger partial charge in [-0.25, -0.2) is 9.86 Å². The maximum absolute atomic E-state index is 13.3. The highest BCUT2D eigenvalue weighted by Crippen LogP contribution is 2.55. The first-order valence-electron chi connectivity index (χ1n) is 12.1. The molecule has 5 rings (SSSR count). The molecule has 0 aliphatic heterocycles. The monoisotopic (exact) mass is 458 g/mol. The summed E-state index contributed by atoms with van der Waals surface area (Å²) in [6, 6.07) is 7.88. The van der Waals surface area contributed by atoms with Crippen molar-refractivity contribution >= 4 is 12.0 Å². The van der Waals surface area contributed by atoms with Gasteiger partial charge >= 0.3 is 6.09 Å². The quantitative estimate of drug-likeness (QED) is 0.557. The number of hydrogen-bond donors (Lipinski definition) is 0. The van der Waals surface area contributed by atoms with Gasteiger partial charge in [0.05, 0.1) is 7.11 Å². The normalized spacial score (nSPS) is 27.8. The lowest BCUT2D eigenvalue weighted by Gasteiger charge is -2.57. The Morgan fingerprint density at radius 2 is 1.55 bits per heavy atom. The number of benzene rings is 1. The molecule has 4 bridgehead atoms. The molecule has 0 spiro atoms. The van der Waals surface area contributed by atoms with Gasteiger partial charge in [-0.2, -0.15) is 0 Å². The minimum absolute atomic E-state index is 0.0957. The molecule has 0 radical (unpaired) electrons. The number of amides is 2. The molecule has 0 saturated heterocycles.